The number of allylic oxidation sites excluding steroid dienone is 8. The van der Waals surface area contributed by atoms with Crippen LogP contribution >= 0.6 is 11.3 Å². The SMILES string of the molecule is O=[N+]([O-])C1=CC=C(CC2(c3csc(C4C=CC=CC4)n3)CC2)CC1. The molecule has 1 saturated carbocycles. The van der Waals surface area contributed by atoms with Crippen molar-refractivity contribution < 1.29 is 4.92 Å². The molecule has 1 unspecified atom stereocenters. The summed E-state index contributed by atoms with van der Waals surface area (Å²) in [4.78, 5) is 15.5. The highest BCUT2D eigenvalue weighted by Gasteiger charge is 2.46. The van der Waals surface area contributed by atoms with Crippen LogP contribution in [0.25, 0.3) is 0 Å². The van der Waals surface area contributed by atoms with Gasteiger partial charge < -0.3 is 0 Å². The maximum atomic E-state index is 10.8. The van der Waals surface area contributed by atoms with Crippen LogP contribution in [0, 0.1) is 10.1 Å². The quantitative estimate of drug-likeness (QED) is 0.557. The third kappa shape index (κ3) is 3.00. The average molecular weight is 340 g/mol. The Balaban J connectivity index is 1.48. The number of nitrogens with zero attached hydrogens (tertiary/aromatic N) is 2. The zero-order valence-electron chi connectivity index (χ0n) is 13.5. The molecule has 3 aliphatic carbocycles. The van der Waals surface area contributed by atoms with Gasteiger partial charge in [-0.05, 0) is 32.1 Å². The van der Waals surface area contributed by atoms with Crippen LogP contribution in [0.5, 0.6) is 0 Å². The lowest BCUT2D eigenvalue weighted by Crippen LogP contribution is -2.11. The molecule has 3 aliphatic rings. The van der Waals surface area contributed by atoms with E-state index in [9.17, 15) is 10.1 Å². The molecule has 124 valence electrons. The Bertz CT molecular complexity index is 781. The smallest absolute Gasteiger partial charge is 0.246 e. The van der Waals surface area contributed by atoms with Crippen LogP contribution in [0.15, 0.2) is 53.1 Å². The van der Waals surface area contributed by atoms with E-state index >= 15 is 0 Å². The summed E-state index contributed by atoms with van der Waals surface area (Å²) in [6, 6.07) is 0. The molecule has 1 aromatic heterocycles. The Hall–Kier alpha value is -2.01. The molecule has 1 atom stereocenters. The van der Waals surface area contributed by atoms with Gasteiger partial charge in [-0.2, -0.15) is 0 Å². The van der Waals surface area contributed by atoms with Crippen molar-refractivity contribution in [1.29, 1.82) is 0 Å². The summed E-state index contributed by atoms with van der Waals surface area (Å²) < 4.78 is 0. The van der Waals surface area contributed by atoms with Crippen LogP contribution in [0.3, 0.4) is 0 Å². The number of rotatable bonds is 5. The predicted molar refractivity (Wildman–Crippen MR) is 95.7 cm³/mol. The third-order valence-electron chi connectivity index (χ3n) is 5.23. The van der Waals surface area contributed by atoms with Gasteiger partial charge in [0.2, 0.25) is 5.70 Å². The highest BCUT2D eigenvalue weighted by atomic mass is 32.1. The van der Waals surface area contributed by atoms with Gasteiger partial charge in [-0.3, -0.25) is 10.1 Å². The second-order valence-electron chi connectivity index (χ2n) is 6.92. The Kier molecular flexibility index (Phi) is 3.96. The first-order valence-electron chi connectivity index (χ1n) is 8.48. The normalized spacial score (nSPS) is 24.4. The maximum absolute atomic E-state index is 10.8. The number of aromatic nitrogens is 1. The number of thiazole rings is 1. The van der Waals surface area contributed by atoms with Gasteiger partial charge >= 0.3 is 0 Å². The molecule has 0 N–H and O–H groups in total. The molecule has 0 amide bonds. The molecule has 1 heterocycles. The van der Waals surface area contributed by atoms with Crippen LogP contribution in [0.4, 0.5) is 0 Å². The number of nitro groups is 1. The van der Waals surface area contributed by atoms with Gasteiger partial charge in [0.25, 0.3) is 0 Å². The highest BCUT2D eigenvalue weighted by Crippen LogP contribution is 2.53. The first kappa shape index (κ1) is 15.5. The molecule has 0 aromatic carbocycles. The van der Waals surface area contributed by atoms with E-state index in [1.54, 1.807) is 17.4 Å². The van der Waals surface area contributed by atoms with E-state index < -0.39 is 0 Å². The minimum Gasteiger partial charge on any atom is -0.259 e. The van der Waals surface area contributed by atoms with Crippen molar-refractivity contribution in [2.45, 2.75) is 49.9 Å². The van der Waals surface area contributed by atoms with Gasteiger partial charge in [0.15, 0.2) is 0 Å². The minimum atomic E-state index is -0.265. The van der Waals surface area contributed by atoms with Crippen molar-refractivity contribution in [2.24, 2.45) is 0 Å². The Labute approximate surface area is 145 Å². The van der Waals surface area contributed by atoms with Crippen LogP contribution < -0.4 is 0 Å². The summed E-state index contributed by atoms with van der Waals surface area (Å²) in [6.07, 6.45) is 18.0. The summed E-state index contributed by atoms with van der Waals surface area (Å²) in [5, 5.41) is 14.3. The molecular formula is C19H20N2O2S. The molecule has 0 radical (unpaired) electrons. The monoisotopic (exact) mass is 340 g/mol. The molecule has 0 aliphatic heterocycles. The standard InChI is InChI=1S/C19H20N2O2S/c22-21(23)16-8-6-14(7-9-16)12-19(10-11-19)17-13-24-18(20-17)15-4-2-1-3-5-15/h1-4,6,8,13,15H,5,7,9-12H2. The van der Waals surface area contributed by atoms with Gasteiger partial charge in [0.1, 0.15) is 5.01 Å². The molecular weight excluding hydrogens is 320 g/mol. The molecule has 4 nitrogen and oxygen atoms in total. The van der Waals surface area contributed by atoms with Crippen LogP contribution in [-0.2, 0) is 5.41 Å². The lowest BCUT2D eigenvalue weighted by molar-refractivity contribution is -0.428. The second kappa shape index (κ2) is 6.13. The lowest BCUT2D eigenvalue weighted by atomic mass is 9.89. The van der Waals surface area contributed by atoms with Crippen molar-refractivity contribution in [3.8, 4) is 0 Å². The van der Waals surface area contributed by atoms with E-state index in [1.807, 2.05) is 6.08 Å². The average Bonchev–Trinajstić information content (AvgIpc) is 3.21. The van der Waals surface area contributed by atoms with E-state index in [-0.39, 0.29) is 10.3 Å². The Morgan fingerprint density at radius 2 is 2.17 bits per heavy atom. The topological polar surface area (TPSA) is 56.0 Å². The fourth-order valence-corrected chi connectivity index (χ4v) is 4.58. The first-order chi connectivity index (χ1) is 11.7. The molecule has 0 spiro atoms. The number of hydrogen-bond donors (Lipinski definition) is 0. The van der Waals surface area contributed by atoms with E-state index in [0.717, 1.165) is 19.3 Å². The van der Waals surface area contributed by atoms with Crippen molar-refractivity contribution in [3.05, 3.63) is 73.9 Å². The van der Waals surface area contributed by atoms with Gasteiger partial charge in [-0.25, -0.2) is 4.98 Å². The molecule has 5 heteroatoms. The number of hydrogen-bond acceptors (Lipinski definition) is 4. The lowest BCUT2D eigenvalue weighted by Gasteiger charge is -2.17. The molecule has 0 bridgehead atoms. The van der Waals surface area contributed by atoms with Crippen molar-refractivity contribution in [1.82, 2.24) is 4.98 Å². The van der Waals surface area contributed by atoms with Gasteiger partial charge in [-0.1, -0.05) is 36.0 Å². The third-order valence-corrected chi connectivity index (χ3v) is 6.21. The molecule has 1 fully saturated rings. The van der Waals surface area contributed by atoms with Crippen molar-refractivity contribution in [3.63, 3.8) is 0 Å². The highest BCUT2D eigenvalue weighted by molar-refractivity contribution is 7.09. The van der Waals surface area contributed by atoms with E-state index in [2.05, 4.69) is 29.7 Å². The maximum Gasteiger partial charge on any atom is 0.246 e. The summed E-state index contributed by atoms with van der Waals surface area (Å²) >= 11 is 1.77. The van der Waals surface area contributed by atoms with E-state index in [0.29, 0.717) is 18.0 Å². The largest absolute Gasteiger partial charge is 0.259 e. The van der Waals surface area contributed by atoms with Gasteiger partial charge in [0.05, 0.1) is 10.6 Å². The molecule has 0 saturated heterocycles. The zero-order chi connectivity index (χ0) is 16.6. The van der Waals surface area contributed by atoms with Crippen LogP contribution in [-0.4, -0.2) is 9.91 Å². The van der Waals surface area contributed by atoms with Crippen LogP contribution in [0.2, 0.25) is 0 Å². The van der Waals surface area contributed by atoms with E-state index in [1.165, 1.54) is 29.1 Å². The summed E-state index contributed by atoms with van der Waals surface area (Å²) in [7, 11) is 0. The summed E-state index contributed by atoms with van der Waals surface area (Å²) in [5.74, 6) is 0.420. The molecule has 4 rings (SSSR count). The Morgan fingerprint density at radius 3 is 2.79 bits per heavy atom. The first-order valence-corrected chi connectivity index (χ1v) is 9.36. The van der Waals surface area contributed by atoms with E-state index in [4.69, 9.17) is 4.98 Å². The van der Waals surface area contributed by atoms with Crippen LogP contribution in [0.1, 0.15) is 55.1 Å². The molecule has 1 aromatic rings. The predicted octanol–water partition coefficient (Wildman–Crippen LogP) is 5.05. The summed E-state index contributed by atoms with van der Waals surface area (Å²) in [5.41, 5.74) is 3.08. The molecule has 24 heavy (non-hydrogen) atoms. The van der Waals surface area contributed by atoms with Gasteiger partial charge in [-0.15, -0.1) is 11.3 Å². The van der Waals surface area contributed by atoms with Crippen molar-refractivity contribution in [2.75, 3.05) is 0 Å². The fraction of sp³-hybridized carbons (Fsp3) is 0.421. The fourth-order valence-electron chi connectivity index (χ4n) is 3.54. The Morgan fingerprint density at radius 1 is 1.29 bits per heavy atom. The van der Waals surface area contributed by atoms with Gasteiger partial charge in [0, 0.05) is 29.2 Å². The minimum absolute atomic E-state index is 0.189. The van der Waals surface area contributed by atoms with Crippen molar-refractivity contribution >= 4 is 11.3 Å². The second-order valence-corrected chi connectivity index (χ2v) is 7.81. The summed E-state index contributed by atoms with van der Waals surface area (Å²) in [6.45, 7) is 0. The zero-order valence-corrected chi connectivity index (χ0v) is 14.3.